The van der Waals surface area contributed by atoms with Crippen molar-refractivity contribution < 1.29 is 18.7 Å². The number of piperidine rings is 2. The predicted molar refractivity (Wildman–Crippen MR) is 118 cm³/mol. The van der Waals surface area contributed by atoms with Crippen LogP contribution in [-0.4, -0.2) is 67.2 Å². The molecule has 1 saturated carbocycles. The van der Waals surface area contributed by atoms with Crippen LogP contribution in [0.3, 0.4) is 0 Å². The Hall–Kier alpha value is -2.28. The summed E-state index contributed by atoms with van der Waals surface area (Å²) in [6, 6.07) is 4.06. The van der Waals surface area contributed by atoms with Gasteiger partial charge in [0.25, 0.3) is 0 Å². The summed E-state index contributed by atoms with van der Waals surface area (Å²) < 4.78 is 10.5. The maximum absolute atomic E-state index is 12.9. The highest BCUT2D eigenvalue weighted by atomic mass is 16.6. The highest BCUT2D eigenvalue weighted by Crippen LogP contribution is 2.59. The number of rotatable bonds is 6. The highest BCUT2D eigenvalue weighted by Gasteiger charge is 2.58. The average Bonchev–Trinajstić information content (AvgIpc) is 3.21. The Balaban J connectivity index is 1.18. The van der Waals surface area contributed by atoms with Gasteiger partial charge in [-0.25, -0.2) is 4.79 Å². The van der Waals surface area contributed by atoms with Crippen molar-refractivity contribution in [3.05, 3.63) is 29.7 Å². The molecule has 1 aromatic heterocycles. The summed E-state index contributed by atoms with van der Waals surface area (Å²) in [7, 11) is 0. The second-order valence-corrected chi connectivity index (χ2v) is 9.37. The molecule has 7 heteroatoms. The molecule has 1 atom stereocenters. The van der Waals surface area contributed by atoms with E-state index in [1.165, 1.54) is 5.57 Å². The molecule has 1 aromatic rings. The molecule has 3 aliphatic rings. The van der Waals surface area contributed by atoms with E-state index in [-0.39, 0.29) is 29.4 Å². The van der Waals surface area contributed by atoms with Gasteiger partial charge in [0.15, 0.2) is 0 Å². The number of likely N-dealkylation sites (tertiary alicyclic amines) is 2. The smallest absolute Gasteiger partial charge is 0.409 e. The fourth-order valence-corrected chi connectivity index (χ4v) is 5.16. The van der Waals surface area contributed by atoms with Gasteiger partial charge in [0.05, 0.1) is 12.9 Å². The van der Waals surface area contributed by atoms with Crippen LogP contribution in [0.2, 0.25) is 0 Å². The van der Waals surface area contributed by atoms with Gasteiger partial charge in [-0.1, -0.05) is 5.57 Å². The van der Waals surface area contributed by atoms with Gasteiger partial charge in [0, 0.05) is 31.6 Å². The Kier molecular flexibility index (Phi) is 6.70. The molecule has 0 aromatic carbocycles. The molecular formula is C24H35N3O4. The second kappa shape index (κ2) is 9.47. The Morgan fingerprint density at radius 3 is 2.65 bits per heavy atom. The third-order valence-corrected chi connectivity index (χ3v) is 7.13. The molecule has 1 N–H and O–H groups in total. The molecule has 7 nitrogen and oxygen atoms in total. The van der Waals surface area contributed by atoms with Crippen LogP contribution in [0.1, 0.15) is 51.7 Å². The summed E-state index contributed by atoms with van der Waals surface area (Å²) in [5, 5.41) is 3.26. The first-order valence-electron chi connectivity index (χ1n) is 11.6. The number of furan rings is 1. The number of hydrogen-bond acceptors (Lipinski definition) is 5. The normalized spacial score (nSPS) is 24.3. The largest absolute Gasteiger partial charge is 0.465 e. The van der Waals surface area contributed by atoms with Crippen LogP contribution in [0.25, 0.3) is 6.08 Å². The molecular weight excluding hydrogens is 394 g/mol. The van der Waals surface area contributed by atoms with Crippen molar-refractivity contribution in [1.29, 1.82) is 0 Å². The van der Waals surface area contributed by atoms with Crippen molar-refractivity contribution in [2.75, 3.05) is 39.3 Å². The Labute approximate surface area is 184 Å². The topological polar surface area (TPSA) is 75.0 Å². The minimum Gasteiger partial charge on any atom is -0.465 e. The molecule has 1 unspecified atom stereocenters. The maximum atomic E-state index is 12.9. The SMILES string of the molecule is CCOC(=O)N1CCC(NC(=O)C2CC23CCN(CC(C)=Cc2ccco2)CC3)CC1. The number of nitrogens with one attached hydrogen (secondary N) is 1. The standard InChI is InChI=1S/C24H35N3O4/c1-3-30-23(29)27-10-6-19(7-11-27)25-22(28)21-16-24(21)8-12-26(13-9-24)17-18(2)15-20-5-4-14-31-20/h4-5,14-15,19,21H,3,6-13,16-17H2,1-2H3,(H,25,28). The lowest BCUT2D eigenvalue weighted by atomic mass is 9.90. The minimum absolute atomic E-state index is 0.164. The molecule has 1 aliphatic carbocycles. The number of carbonyl (C=O) groups is 2. The first-order chi connectivity index (χ1) is 15.0. The number of carbonyl (C=O) groups excluding carboxylic acids is 2. The van der Waals surface area contributed by atoms with E-state index in [2.05, 4.69) is 23.2 Å². The summed E-state index contributed by atoms with van der Waals surface area (Å²) >= 11 is 0. The molecule has 2 aliphatic heterocycles. The summed E-state index contributed by atoms with van der Waals surface area (Å²) in [5.41, 5.74) is 1.51. The van der Waals surface area contributed by atoms with Crippen molar-refractivity contribution in [3.63, 3.8) is 0 Å². The fourth-order valence-electron chi connectivity index (χ4n) is 5.16. The predicted octanol–water partition coefficient (Wildman–Crippen LogP) is 3.52. The lowest BCUT2D eigenvalue weighted by Crippen LogP contribution is -2.47. The van der Waals surface area contributed by atoms with Crippen LogP contribution in [-0.2, 0) is 9.53 Å². The molecule has 3 heterocycles. The molecule has 2 amide bonds. The van der Waals surface area contributed by atoms with E-state index < -0.39 is 0 Å². The zero-order chi connectivity index (χ0) is 21.8. The van der Waals surface area contributed by atoms with Crippen LogP contribution >= 0.6 is 0 Å². The zero-order valence-corrected chi connectivity index (χ0v) is 18.8. The van der Waals surface area contributed by atoms with Crippen molar-refractivity contribution >= 4 is 18.1 Å². The lowest BCUT2D eigenvalue weighted by Gasteiger charge is -2.34. The second-order valence-electron chi connectivity index (χ2n) is 9.37. The van der Waals surface area contributed by atoms with E-state index in [0.29, 0.717) is 19.7 Å². The number of ether oxygens (including phenoxy) is 1. The zero-order valence-electron chi connectivity index (χ0n) is 18.8. The molecule has 0 radical (unpaired) electrons. The molecule has 3 fully saturated rings. The van der Waals surface area contributed by atoms with E-state index in [1.54, 1.807) is 11.2 Å². The van der Waals surface area contributed by atoms with Crippen LogP contribution in [0.4, 0.5) is 4.79 Å². The van der Waals surface area contributed by atoms with Crippen molar-refractivity contribution in [1.82, 2.24) is 15.1 Å². The van der Waals surface area contributed by atoms with Crippen molar-refractivity contribution in [2.45, 2.75) is 52.0 Å². The molecule has 1 spiro atoms. The van der Waals surface area contributed by atoms with E-state index in [1.807, 2.05) is 19.1 Å². The maximum Gasteiger partial charge on any atom is 0.409 e. The minimum atomic E-state index is -0.241. The first-order valence-corrected chi connectivity index (χ1v) is 11.6. The van der Waals surface area contributed by atoms with Gasteiger partial charge in [0.1, 0.15) is 5.76 Å². The van der Waals surface area contributed by atoms with E-state index in [0.717, 1.165) is 57.5 Å². The fraction of sp³-hybridized carbons (Fsp3) is 0.667. The Bertz CT molecular complexity index is 788. The Morgan fingerprint density at radius 2 is 2.00 bits per heavy atom. The Morgan fingerprint density at radius 1 is 1.26 bits per heavy atom. The summed E-state index contributed by atoms with van der Waals surface area (Å²) in [6.07, 6.45) is 8.39. The number of nitrogens with zero attached hydrogens (tertiary/aromatic N) is 2. The number of amides is 2. The third kappa shape index (κ3) is 5.32. The third-order valence-electron chi connectivity index (χ3n) is 7.13. The van der Waals surface area contributed by atoms with Gasteiger partial charge in [0.2, 0.25) is 5.91 Å². The van der Waals surface area contributed by atoms with Crippen molar-refractivity contribution in [3.8, 4) is 0 Å². The highest BCUT2D eigenvalue weighted by molar-refractivity contribution is 5.83. The van der Waals surface area contributed by atoms with Crippen LogP contribution in [0, 0.1) is 11.3 Å². The van der Waals surface area contributed by atoms with Gasteiger partial charge in [-0.3, -0.25) is 9.69 Å². The quantitative estimate of drug-likeness (QED) is 0.749. The molecule has 0 bridgehead atoms. The monoisotopic (exact) mass is 429 g/mol. The number of hydrogen-bond donors (Lipinski definition) is 1. The van der Waals surface area contributed by atoms with Gasteiger partial charge >= 0.3 is 6.09 Å². The van der Waals surface area contributed by atoms with Gasteiger partial charge in [-0.05, 0) is 82.7 Å². The molecule has 170 valence electrons. The van der Waals surface area contributed by atoms with Crippen molar-refractivity contribution in [2.24, 2.45) is 11.3 Å². The summed E-state index contributed by atoms with van der Waals surface area (Å²) in [4.78, 5) is 28.9. The van der Waals surface area contributed by atoms with Crippen LogP contribution in [0.15, 0.2) is 28.4 Å². The summed E-state index contributed by atoms with van der Waals surface area (Å²) in [6.45, 7) is 8.71. The summed E-state index contributed by atoms with van der Waals surface area (Å²) in [5.74, 6) is 1.28. The molecule has 2 saturated heterocycles. The van der Waals surface area contributed by atoms with Gasteiger partial charge < -0.3 is 19.4 Å². The van der Waals surface area contributed by atoms with Gasteiger partial charge in [-0.15, -0.1) is 0 Å². The average molecular weight is 430 g/mol. The van der Waals surface area contributed by atoms with E-state index in [4.69, 9.17) is 9.15 Å². The van der Waals surface area contributed by atoms with E-state index in [9.17, 15) is 9.59 Å². The van der Waals surface area contributed by atoms with Gasteiger partial charge in [-0.2, -0.15) is 0 Å². The first kappa shape index (κ1) is 21.9. The molecule has 31 heavy (non-hydrogen) atoms. The molecule has 4 rings (SSSR count). The van der Waals surface area contributed by atoms with Crippen LogP contribution < -0.4 is 5.32 Å². The van der Waals surface area contributed by atoms with Crippen LogP contribution in [0.5, 0.6) is 0 Å². The lowest BCUT2D eigenvalue weighted by molar-refractivity contribution is -0.124. The van der Waals surface area contributed by atoms with E-state index >= 15 is 0 Å².